The van der Waals surface area contributed by atoms with Crippen molar-refractivity contribution in [1.82, 2.24) is 0 Å². The third-order valence-electron chi connectivity index (χ3n) is 15.4. The molecule has 0 heterocycles. The van der Waals surface area contributed by atoms with Crippen LogP contribution in [-0.2, 0) is 65.4 Å². The molecule has 0 aromatic carbocycles. The number of phosphoric ester groups is 2. The minimum absolute atomic E-state index is 0.0691. The van der Waals surface area contributed by atoms with Crippen LogP contribution in [0.4, 0.5) is 0 Å². The smallest absolute Gasteiger partial charge is 0.462 e. The molecule has 5 unspecified atom stereocenters. The van der Waals surface area contributed by atoms with E-state index >= 15 is 0 Å². The van der Waals surface area contributed by atoms with Gasteiger partial charge in [0.25, 0.3) is 0 Å². The summed E-state index contributed by atoms with van der Waals surface area (Å²) in [7, 11) is -9.97. The highest BCUT2D eigenvalue weighted by molar-refractivity contribution is 7.47. The number of allylic oxidation sites excluding steroid dienone is 20. The Balaban J connectivity index is 5.40. The maximum Gasteiger partial charge on any atom is 0.472 e. The van der Waals surface area contributed by atoms with Gasteiger partial charge in [0, 0.05) is 25.7 Å². The molecule has 0 radical (unpaired) electrons. The highest BCUT2D eigenvalue weighted by atomic mass is 31.2. The molecular weight excluding hydrogens is 1280 g/mol. The third-order valence-corrected chi connectivity index (χ3v) is 17.3. The Bertz CT molecular complexity index is 2340. The predicted octanol–water partition coefficient (Wildman–Crippen LogP) is 21.6. The number of unbranched alkanes of at least 4 members (excludes halogenated alkanes) is 24. The SMILES string of the molecule is CC/C=C\C/C=C\C/C=C\C/C=C\C/C=C\CCCC(=O)OCC(COP(=O)(O)OCC(O)COP(=O)(O)OCC(COC(=O)CCCCCCC/C=C\C/C=C\CCC)OC(=O)CCCCCCCCCCCCC)OC(=O)CCCCCCCCC/C=C\C/C=C\C/C=C\CC. The van der Waals surface area contributed by atoms with E-state index in [-0.39, 0.29) is 25.7 Å². The second-order valence-corrected chi connectivity index (χ2v) is 27.7. The van der Waals surface area contributed by atoms with Gasteiger partial charge in [0.15, 0.2) is 12.2 Å². The number of aliphatic hydroxyl groups is 1. The molecule has 0 aliphatic carbocycles. The molecule has 0 rings (SSSR count). The van der Waals surface area contributed by atoms with Gasteiger partial charge in [-0.3, -0.25) is 37.3 Å². The van der Waals surface area contributed by atoms with Crippen molar-refractivity contribution in [3.63, 3.8) is 0 Å². The van der Waals surface area contributed by atoms with E-state index in [1.54, 1.807) is 0 Å². The lowest BCUT2D eigenvalue weighted by Gasteiger charge is -2.21. The Morgan fingerprint density at radius 3 is 0.898 bits per heavy atom. The number of hydrogen-bond acceptors (Lipinski definition) is 15. The standard InChI is InChI=1S/C79H134O17P2/c1-5-9-13-17-21-25-29-32-34-36-38-41-45-48-52-56-60-64-77(82)90-70-75(96-79(84)66-62-58-54-50-46-42-39-37-35-33-30-26-22-18-14-10-6-2)72-94-98(87,88)92-68-73(80)67-91-97(85,86)93-71-74(95-78(83)65-61-57-53-49-43-28-24-20-16-12-8-4)69-89-76(81)63-59-55-51-47-44-40-31-27-23-19-15-11-7-3/h9-10,13-15,19,21-22,25-27,31-35,38,41,48,52,73-75,80H,5-8,11-12,16-18,20,23-24,28-30,36-37,39-40,42-47,49-51,53-72H2,1-4H3,(H,85,86)(H,87,88)/b13-9-,14-10-,19-15-,25-21-,26-22-,31-27-,34-32-,35-33-,41-38-,52-48-. The molecule has 98 heavy (non-hydrogen) atoms. The summed E-state index contributed by atoms with van der Waals surface area (Å²) in [6.07, 6.45) is 76.3. The monoisotopic (exact) mass is 1420 g/mol. The van der Waals surface area contributed by atoms with Crippen LogP contribution in [0, 0.1) is 0 Å². The van der Waals surface area contributed by atoms with Crippen LogP contribution in [-0.4, -0.2) is 96.7 Å². The van der Waals surface area contributed by atoms with Gasteiger partial charge in [-0.2, -0.15) is 0 Å². The summed E-state index contributed by atoms with van der Waals surface area (Å²) in [5.41, 5.74) is 0. The first kappa shape index (κ1) is 93.5. The van der Waals surface area contributed by atoms with Gasteiger partial charge in [-0.05, 0) is 122 Å². The van der Waals surface area contributed by atoms with E-state index in [1.165, 1.54) is 38.5 Å². The molecule has 0 spiro atoms. The van der Waals surface area contributed by atoms with Crippen molar-refractivity contribution in [2.75, 3.05) is 39.6 Å². The fourth-order valence-corrected chi connectivity index (χ4v) is 11.3. The minimum Gasteiger partial charge on any atom is -0.462 e. The molecule has 0 saturated heterocycles. The summed E-state index contributed by atoms with van der Waals surface area (Å²) >= 11 is 0. The second-order valence-electron chi connectivity index (χ2n) is 24.8. The Kier molecular flexibility index (Phi) is 67.6. The predicted molar refractivity (Wildman–Crippen MR) is 399 cm³/mol. The summed E-state index contributed by atoms with van der Waals surface area (Å²) in [4.78, 5) is 72.8. The summed E-state index contributed by atoms with van der Waals surface area (Å²) < 4.78 is 68.4. The topological polar surface area (TPSA) is 237 Å². The zero-order valence-electron chi connectivity index (χ0n) is 61.2. The number of hydrogen-bond donors (Lipinski definition) is 3. The maximum atomic E-state index is 13.1. The molecule has 17 nitrogen and oxygen atoms in total. The number of carbonyl (C=O) groups excluding carboxylic acids is 4. The van der Waals surface area contributed by atoms with Crippen LogP contribution in [0.3, 0.4) is 0 Å². The normalized spacial score (nSPS) is 14.6. The highest BCUT2D eigenvalue weighted by Crippen LogP contribution is 2.45. The zero-order chi connectivity index (χ0) is 71.8. The highest BCUT2D eigenvalue weighted by Gasteiger charge is 2.30. The Hall–Kier alpha value is -4.54. The molecule has 19 heteroatoms. The lowest BCUT2D eigenvalue weighted by molar-refractivity contribution is -0.161. The minimum atomic E-state index is -4.99. The summed E-state index contributed by atoms with van der Waals surface area (Å²) in [5.74, 6) is -2.26. The number of esters is 4. The molecular formula is C79H134O17P2. The van der Waals surface area contributed by atoms with Gasteiger partial charge in [0.2, 0.25) is 0 Å². The van der Waals surface area contributed by atoms with Crippen LogP contribution in [0.25, 0.3) is 0 Å². The molecule has 3 N–H and O–H groups in total. The average Bonchev–Trinajstić information content (AvgIpc) is 0.980. The van der Waals surface area contributed by atoms with Crippen LogP contribution in [0.5, 0.6) is 0 Å². The van der Waals surface area contributed by atoms with Crippen molar-refractivity contribution >= 4 is 39.5 Å². The van der Waals surface area contributed by atoms with E-state index in [2.05, 4.69) is 137 Å². The molecule has 0 aromatic rings. The lowest BCUT2D eigenvalue weighted by Crippen LogP contribution is -2.30. The van der Waals surface area contributed by atoms with Crippen LogP contribution in [0.2, 0.25) is 0 Å². The largest absolute Gasteiger partial charge is 0.472 e. The van der Waals surface area contributed by atoms with Crippen molar-refractivity contribution in [2.24, 2.45) is 0 Å². The number of ether oxygens (including phenoxy) is 4. The van der Waals surface area contributed by atoms with E-state index in [9.17, 15) is 43.2 Å². The Morgan fingerprint density at radius 2 is 0.561 bits per heavy atom. The summed E-state index contributed by atoms with van der Waals surface area (Å²) in [6.45, 7) is 4.49. The fraction of sp³-hybridized carbons (Fsp3) is 0.696. The fourth-order valence-electron chi connectivity index (χ4n) is 9.72. The third kappa shape index (κ3) is 69.9. The first-order valence-electron chi connectivity index (χ1n) is 37.8. The van der Waals surface area contributed by atoms with E-state index in [0.717, 1.165) is 173 Å². The van der Waals surface area contributed by atoms with Crippen molar-refractivity contribution in [1.29, 1.82) is 0 Å². The molecule has 0 aromatic heterocycles. The molecule has 0 aliphatic heterocycles. The van der Waals surface area contributed by atoms with Gasteiger partial charge in [-0.25, -0.2) is 9.13 Å². The van der Waals surface area contributed by atoms with Crippen LogP contribution >= 0.6 is 15.6 Å². The van der Waals surface area contributed by atoms with Crippen LogP contribution in [0.1, 0.15) is 297 Å². The molecule has 0 amide bonds. The Labute approximate surface area is 593 Å². The first-order chi connectivity index (χ1) is 47.7. The first-order valence-corrected chi connectivity index (χ1v) is 40.8. The van der Waals surface area contributed by atoms with E-state index in [1.807, 2.05) is 12.2 Å². The molecule has 0 fully saturated rings. The quantitative estimate of drug-likeness (QED) is 0.0169. The molecule has 5 atom stereocenters. The van der Waals surface area contributed by atoms with Gasteiger partial charge in [0.1, 0.15) is 19.3 Å². The van der Waals surface area contributed by atoms with Gasteiger partial charge in [-0.15, -0.1) is 0 Å². The second kappa shape index (κ2) is 70.9. The van der Waals surface area contributed by atoms with Gasteiger partial charge in [0.05, 0.1) is 26.4 Å². The zero-order valence-corrected chi connectivity index (χ0v) is 63.0. The number of aliphatic hydroxyl groups excluding tert-OH is 1. The van der Waals surface area contributed by atoms with Gasteiger partial charge < -0.3 is 33.8 Å². The van der Waals surface area contributed by atoms with Crippen molar-refractivity contribution < 1.29 is 80.2 Å². The van der Waals surface area contributed by atoms with Gasteiger partial charge >= 0.3 is 39.5 Å². The van der Waals surface area contributed by atoms with E-state index in [4.69, 9.17) is 37.0 Å². The molecule has 0 saturated carbocycles. The maximum absolute atomic E-state index is 13.1. The van der Waals surface area contributed by atoms with Crippen LogP contribution < -0.4 is 0 Å². The van der Waals surface area contributed by atoms with Crippen molar-refractivity contribution in [3.8, 4) is 0 Å². The van der Waals surface area contributed by atoms with Gasteiger partial charge in [-0.1, -0.05) is 271 Å². The molecule has 562 valence electrons. The van der Waals surface area contributed by atoms with Crippen molar-refractivity contribution in [3.05, 3.63) is 122 Å². The number of phosphoric acid groups is 2. The number of carbonyl (C=O) groups is 4. The molecule has 0 aliphatic rings. The van der Waals surface area contributed by atoms with E-state index in [0.29, 0.717) is 32.1 Å². The lowest BCUT2D eigenvalue weighted by atomic mass is 10.1. The summed E-state index contributed by atoms with van der Waals surface area (Å²) in [6, 6.07) is 0. The molecule has 0 bridgehead atoms. The summed E-state index contributed by atoms with van der Waals surface area (Å²) in [5, 5.41) is 10.6. The Morgan fingerprint density at radius 1 is 0.296 bits per heavy atom. The number of rotatable bonds is 70. The van der Waals surface area contributed by atoms with Crippen molar-refractivity contribution in [2.45, 2.75) is 316 Å². The van der Waals surface area contributed by atoms with E-state index < -0.39 is 97.5 Å². The average molecular weight is 1420 g/mol. The van der Waals surface area contributed by atoms with Crippen LogP contribution in [0.15, 0.2) is 122 Å².